The number of rotatable bonds is 1. The van der Waals surface area contributed by atoms with Crippen LogP contribution in [0.4, 0.5) is 0 Å². The predicted octanol–water partition coefficient (Wildman–Crippen LogP) is 0.146. The Hall–Kier alpha value is -0.900. The van der Waals surface area contributed by atoms with Gasteiger partial charge in [0.1, 0.15) is 0 Å². The lowest BCUT2D eigenvalue weighted by Gasteiger charge is -1.97. The number of hydrogen-bond acceptors (Lipinski definition) is 4. The molecule has 0 bridgehead atoms. The molecule has 1 aromatic heterocycles. The van der Waals surface area contributed by atoms with Crippen molar-refractivity contribution < 1.29 is 4.52 Å². The zero-order valence-electron chi connectivity index (χ0n) is 5.58. The van der Waals surface area contributed by atoms with Crippen molar-refractivity contribution in [2.24, 2.45) is 0 Å². The summed E-state index contributed by atoms with van der Waals surface area (Å²) in [6.45, 7) is 2.04. The van der Waals surface area contributed by atoms with Gasteiger partial charge in [-0.3, -0.25) is 0 Å². The topological polar surface area (TPSA) is 51.0 Å². The average molecular weight is 139 g/mol. The van der Waals surface area contributed by atoms with Gasteiger partial charge in [0.25, 0.3) is 0 Å². The first-order valence-corrected chi connectivity index (χ1v) is 3.44. The zero-order valence-corrected chi connectivity index (χ0v) is 5.58. The molecule has 2 rings (SSSR count). The van der Waals surface area contributed by atoms with Crippen molar-refractivity contribution in [3.05, 3.63) is 12.2 Å². The SMILES string of the molecule is c1noc([C@H]2CCNC2)n1. The van der Waals surface area contributed by atoms with Crippen LogP contribution in [-0.4, -0.2) is 23.2 Å². The third kappa shape index (κ3) is 0.903. The van der Waals surface area contributed by atoms with Crippen molar-refractivity contribution >= 4 is 0 Å². The number of aromatic nitrogens is 2. The van der Waals surface area contributed by atoms with Crippen LogP contribution in [0.2, 0.25) is 0 Å². The highest BCUT2D eigenvalue weighted by molar-refractivity contribution is 4.93. The van der Waals surface area contributed by atoms with E-state index in [1.165, 1.54) is 6.33 Å². The Bertz CT molecular complexity index is 191. The molecule has 1 fully saturated rings. The van der Waals surface area contributed by atoms with Crippen molar-refractivity contribution in [2.75, 3.05) is 13.1 Å². The summed E-state index contributed by atoms with van der Waals surface area (Å²) in [6.07, 6.45) is 2.57. The van der Waals surface area contributed by atoms with Gasteiger partial charge in [0.15, 0.2) is 6.33 Å². The van der Waals surface area contributed by atoms with Gasteiger partial charge < -0.3 is 9.84 Å². The molecule has 1 saturated heterocycles. The largest absolute Gasteiger partial charge is 0.339 e. The normalized spacial score (nSPS) is 25.4. The number of hydrogen-bond donors (Lipinski definition) is 1. The van der Waals surface area contributed by atoms with Crippen LogP contribution in [0.3, 0.4) is 0 Å². The quantitative estimate of drug-likeness (QED) is 0.601. The van der Waals surface area contributed by atoms with Gasteiger partial charge in [-0.1, -0.05) is 5.16 Å². The summed E-state index contributed by atoms with van der Waals surface area (Å²) in [5.74, 6) is 1.22. The molecule has 0 aliphatic carbocycles. The summed E-state index contributed by atoms with van der Waals surface area (Å²) in [7, 11) is 0. The van der Waals surface area contributed by atoms with Crippen LogP contribution in [0.25, 0.3) is 0 Å². The first-order chi connectivity index (χ1) is 4.97. The molecule has 1 N–H and O–H groups in total. The lowest BCUT2D eigenvalue weighted by atomic mass is 10.1. The summed E-state index contributed by atoms with van der Waals surface area (Å²) in [5.41, 5.74) is 0. The van der Waals surface area contributed by atoms with Crippen LogP contribution in [0, 0.1) is 0 Å². The minimum absolute atomic E-state index is 0.447. The van der Waals surface area contributed by atoms with E-state index in [1.807, 2.05) is 0 Å². The summed E-state index contributed by atoms with van der Waals surface area (Å²) < 4.78 is 4.92. The molecular formula is C6H9N3O. The second-order valence-corrected chi connectivity index (χ2v) is 2.47. The Morgan fingerprint density at radius 3 is 3.30 bits per heavy atom. The molecule has 1 atom stereocenters. The summed E-state index contributed by atoms with van der Waals surface area (Å²) >= 11 is 0. The van der Waals surface area contributed by atoms with Gasteiger partial charge in [0, 0.05) is 6.54 Å². The summed E-state index contributed by atoms with van der Waals surface area (Å²) in [4.78, 5) is 3.98. The van der Waals surface area contributed by atoms with Gasteiger partial charge in [-0.2, -0.15) is 4.98 Å². The van der Waals surface area contributed by atoms with E-state index in [-0.39, 0.29) is 0 Å². The monoisotopic (exact) mass is 139 g/mol. The van der Waals surface area contributed by atoms with E-state index in [0.29, 0.717) is 5.92 Å². The Morgan fingerprint density at radius 2 is 2.70 bits per heavy atom. The molecule has 1 aromatic rings. The predicted molar refractivity (Wildman–Crippen MR) is 34.5 cm³/mol. The van der Waals surface area contributed by atoms with E-state index in [1.54, 1.807) is 0 Å². The van der Waals surface area contributed by atoms with E-state index in [9.17, 15) is 0 Å². The van der Waals surface area contributed by atoms with Gasteiger partial charge in [-0.25, -0.2) is 0 Å². The third-order valence-corrected chi connectivity index (χ3v) is 1.79. The Morgan fingerprint density at radius 1 is 1.70 bits per heavy atom. The molecule has 0 unspecified atom stereocenters. The fourth-order valence-corrected chi connectivity index (χ4v) is 1.23. The maximum absolute atomic E-state index is 4.92. The second-order valence-electron chi connectivity index (χ2n) is 2.47. The number of nitrogens with zero attached hydrogens (tertiary/aromatic N) is 2. The van der Waals surface area contributed by atoms with Gasteiger partial charge >= 0.3 is 0 Å². The molecule has 1 aliphatic heterocycles. The van der Waals surface area contributed by atoms with E-state index >= 15 is 0 Å². The minimum atomic E-state index is 0.447. The molecule has 2 heterocycles. The lowest BCUT2D eigenvalue weighted by molar-refractivity contribution is 0.358. The maximum Gasteiger partial charge on any atom is 0.230 e. The lowest BCUT2D eigenvalue weighted by Crippen LogP contribution is -2.07. The van der Waals surface area contributed by atoms with Gasteiger partial charge in [0.05, 0.1) is 5.92 Å². The second kappa shape index (κ2) is 2.38. The first-order valence-electron chi connectivity index (χ1n) is 3.44. The highest BCUT2D eigenvalue weighted by Gasteiger charge is 2.20. The van der Waals surface area contributed by atoms with E-state index in [0.717, 1.165) is 25.4 Å². The van der Waals surface area contributed by atoms with Gasteiger partial charge in [0.2, 0.25) is 5.89 Å². The van der Waals surface area contributed by atoms with E-state index in [4.69, 9.17) is 4.52 Å². The smallest absolute Gasteiger partial charge is 0.230 e. The van der Waals surface area contributed by atoms with E-state index in [2.05, 4.69) is 15.5 Å². The van der Waals surface area contributed by atoms with E-state index < -0.39 is 0 Å². The summed E-state index contributed by atoms with van der Waals surface area (Å²) in [5, 5.41) is 6.79. The maximum atomic E-state index is 4.92. The van der Waals surface area contributed by atoms with Crippen LogP contribution in [0.15, 0.2) is 10.9 Å². The average Bonchev–Trinajstić information content (AvgIpc) is 2.59. The van der Waals surface area contributed by atoms with Crippen LogP contribution in [0.1, 0.15) is 18.2 Å². The molecule has 0 amide bonds. The molecule has 4 heteroatoms. The Balaban J connectivity index is 2.12. The first kappa shape index (κ1) is 5.85. The van der Waals surface area contributed by atoms with Crippen molar-refractivity contribution in [2.45, 2.75) is 12.3 Å². The van der Waals surface area contributed by atoms with Crippen molar-refractivity contribution in [1.82, 2.24) is 15.5 Å². The molecule has 0 radical (unpaired) electrons. The molecule has 0 spiro atoms. The molecular weight excluding hydrogens is 130 g/mol. The van der Waals surface area contributed by atoms with Crippen LogP contribution >= 0.6 is 0 Å². The van der Waals surface area contributed by atoms with Crippen LogP contribution in [0.5, 0.6) is 0 Å². The van der Waals surface area contributed by atoms with Gasteiger partial charge in [-0.05, 0) is 13.0 Å². The molecule has 0 saturated carbocycles. The van der Waals surface area contributed by atoms with Gasteiger partial charge in [-0.15, -0.1) is 0 Å². The zero-order chi connectivity index (χ0) is 6.81. The highest BCUT2D eigenvalue weighted by atomic mass is 16.5. The molecule has 4 nitrogen and oxygen atoms in total. The van der Waals surface area contributed by atoms with Crippen LogP contribution in [-0.2, 0) is 0 Å². The molecule has 54 valence electrons. The minimum Gasteiger partial charge on any atom is -0.339 e. The molecule has 1 aliphatic rings. The van der Waals surface area contributed by atoms with Crippen molar-refractivity contribution in [1.29, 1.82) is 0 Å². The molecule has 0 aromatic carbocycles. The van der Waals surface area contributed by atoms with Crippen molar-refractivity contribution in [3.8, 4) is 0 Å². The number of nitrogens with one attached hydrogen (secondary N) is 1. The summed E-state index contributed by atoms with van der Waals surface area (Å²) in [6, 6.07) is 0. The standard InChI is InChI=1S/C6H9N3O/c1-2-7-3-5(1)6-8-4-9-10-6/h4-5,7H,1-3H2/t5-/m0/s1. The van der Waals surface area contributed by atoms with Crippen LogP contribution < -0.4 is 5.32 Å². The highest BCUT2D eigenvalue weighted by Crippen LogP contribution is 2.18. The Kier molecular flexibility index (Phi) is 1.39. The fourth-order valence-electron chi connectivity index (χ4n) is 1.23. The van der Waals surface area contributed by atoms with Crippen molar-refractivity contribution in [3.63, 3.8) is 0 Å². The third-order valence-electron chi connectivity index (χ3n) is 1.79. The molecule has 10 heavy (non-hydrogen) atoms. The fraction of sp³-hybridized carbons (Fsp3) is 0.667. The Labute approximate surface area is 58.6 Å².